The molecule has 0 radical (unpaired) electrons. The predicted octanol–water partition coefficient (Wildman–Crippen LogP) is 5.65. The van der Waals surface area contributed by atoms with Crippen LogP contribution in [0.5, 0.6) is 0 Å². The van der Waals surface area contributed by atoms with Gasteiger partial charge in [-0.15, -0.1) is 0 Å². The minimum Gasteiger partial charge on any atom is -0.444 e. The van der Waals surface area contributed by atoms with Crippen LogP contribution in [0.25, 0.3) is 11.3 Å². The van der Waals surface area contributed by atoms with E-state index in [1.807, 2.05) is 39.3 Å². The van der Waals surface area contributed by atoms with E-state index in [0.717, 1.165) is 9.26 Å². The molecule has 0 saturated heterocycles. The number of fused-ring (bicyclic) bond motifs is 1. The number of benzene rings is 1. The molecule has 146 valence electrons. The van der Waals surface area contributed by atoms with Crippen LogP contribution in [0, 0.1) is 9.39 Å². The van der Waals surface area contributed by atoms with Crippen molar-refractivity contribution in [3.8, 4) is 11.3 Å². The van der Waals surface area contributed by atoms with Crippen molar-refractivity contribution in [3.05, 3.63) is 38.3 Å². The van der Waals surface area contributed by atoms with Gasteiger partial charge in [0.1, 0.15) is 17.1 Å². The summed E-state index contributed by atoms with van der Waals surface area (Å²) >= 11 is 8.04. The third-order valence-corrected chi connectivity index (χ3v) is 5.75. The van der Waals surface area contributed by atoms with Gasteiger partial charge in [-0.05, 0) is 75.4 Å². The van der Waals surface area contributed by atoms with Gasteiger partial charge in [-0.2, -0.15) is 5.10 Å². The summed E-state index contributed by atoms with van der Waals surface area (Å²) in [4.78, 5) is 14.4. The van der Waals surface area contributed by atoms with Crippen LogP contribution in [0.2, 0.25) is 5.02 Å². The SMILES string of the molecule is C[C@@H]1c2c(I)c(-c3ccc(Cl)cc3F)nn2C[C@H](C)N1C(=O)OC(C)(C)C. The standard InChI is InChI=1S/C19H22ClFIN3O2/c1-10-9-24-17(11(2)25(10)18(26)27-19(3,4)5)15(22)16(23-24)13-7-6-12(20)8-14(13)21/h6-8,10-11H,9H2,1-5H3/t10-,11+/m0/s1. The summed E-state index contributed by atoms with van der Waals surface area (Å²) in [5, 5.41) is 4.97. The van der Waals surface area contributed by atoms with Crippen LogP contribution in [0.3, 0.4) is 0 Å². The summed E-state index contributed by atoms with van der Waals surface area (Å²) in [6.45, 7) is 9.96. The molecule has 2 heterocycles. The summed E-state index contributed by atoms with van der Waals surface area (Å²) in [5.41, 5.74) is 1.27. The van der Waals surface area contributed by atoms with Crippen molar-refractivity contribution in [1.29, 1.82) is 0 Å². The second-order valence-electron chi connectivity index (χ2n) is 7.77. The molecule has 3 rings (SSSR count). The lowest BCUT2D eigenvalue weighted by Gasteiger charge is -2.39. The normalized spacial score (nSPS) is 19.8. The van der Waals surface area contributed by atoms with Gasteiger partial charge in [0.15, 0.2) is 0 Å². The second kappa shape index (κ2) is 7.24. The van der Waals surface area contributed by atoms with Gasteiger partial charge < -0.3 is 4.74 Å². The van der Waals surface area contributed by atoms with E-state index in [4.69, 9.17) is 16.3 Å². The Hall–Kier alpha value is -1.35. The van der Waals surface area contributed by atoms with E-state index < -0.39 is 11.4 Å². The fourth-order valence-corrected chi connectivity index (χ4v) is 4.64. The molecular formula is C19H22ClFIN3O2. The maximum absolute atomic E-state index is 14.4. The Bertz CT molecular complexity index is 894. The van der Waals surface area contributed by atoms with E-state index in [0.29, 0.717) is 22.8 Å². The lowest BCUT2D eigenvalue weighted by molar-refractivity contribution is -0.000433. The molecule has 1 amide bonds. The Kier molecular flexibility index (Phi) is 5.46. The number of hydrogen-bond acceptors (Lipinski definition) is 3. The van der Waals surface area contributed by atoms with E-state index in [1.165, 1.54) is 6.07 Å². The number of ether oxygens (including phenoxy) is 1. The fourth-order valence-electron chi connectivity index (χ4n) is 3.35. The minimum absolute atomic E-state index is 0.0963. The lowest BCUT2D eigenvalue weighted by atomic mass is 10.1. The quantitative estimate of drug-likeness (QED) is 0.471. The molecule has 0 unspecified atom stereocenters. The first-order valence-corrected chi connectivity index (χ1v) is 10.2. The number of nitrogens with zero attached hydrogens (tertiary/aromatic N) is 3. The molecule has 0 bridgehead atoms. The summed E-state index contributed by atoms with van der Waals surface area (Å²) < 4.78 is 22.7. The Labute approximate surface area is 177 Å². The first kappa shape index (κ1) is 20.4. The Balaban J connectivity index is 2.02. The van der Waals surface area contributed by atoms with Crippen LogP contribution in [-0.2, 0) is 11.3 Å². The number of hydrogen-bond donors (Lipinski definition) is 0. The van der Waals surface area contributed by atoms with Crippen LogP contribution in [0.1, 0.15) is 46.4 Å². The van der Waals surface area contributed by atoms with Crippen LogP contribution in [-0.4, -0.2) is 32.4 Å². The zero-order valence-electron chi connectivity index (χ0n) is 15.9. The van der Waals surface area contributed by atoms with E-state index in [2.05, 4.69) is 27.7 Å². The molecule has 2 atom stereocenters. The first-order chi connectivity index (χ1) is 12.5. The first-order valence-electron chi connectivity index (χ1n) is 8.72. The van der Waals surface area contributed by atoms with Gasteiger partial charge >= 0.3 is 6.09 Å². The largest absolute Gasteiger partial charge is 0.444 e. The molecule has 1 aliphatic heterocycles. The molecule has 0 fully saturated rings. The Morgan fingerprint density at radius 3 is 2.63 bits per heavy atom. The highest BCUT2D eigenvalue weighted by molar-refractivity contribution is 14.1. The van der Waals surface area contributed by atoms with Crippen LogP contribution in [0.4, 0.5) is 9.18 Å². The van der Waals surface area contributed by atoms with Crippen molar-refractivity contribution in [3.63, 3.8) is 0 Å². The van der Waals surface area contributed by atoms with Gasteiger partial charge in [-0.1, -0.05) is 11.6 Å². The van der Waals surface area contributed by atoms with Crippen LogP contribution < -0.4 is 0 Å². The highest BCUT2D eigenvalue weighted by atomic mass is 127. The number of carbonyl (C=O) groups is 1. The van der Waals surface area contributed by atoms with E-state index in [9.17, 15) is 9.18 Å². The Morgan fingerprint density at radius 1 is 1.37 bits per heavy atom. The zero-order chi connectivity index (χ0) is 20.1. The number of aromatic nitrogens is 2. The number of carbonyl (C=O) groups excluding carboxylic acids is 1. The summed E-state index contributed by atoms with van der Waals surface area (Å²) in [5.74, 6) is -0.416. The maximum atomic E-state index is 14.4. The van der Waals surface area contributed by atoms with Gasteiger partial charge in [-0.3, -0.25) is 9.58 Å². The minimum atomic E-state index is -0.570. The number of rotatable bonds is 1. The molecule has 1 aliphatic rings. The smallest absolute Gasteiger partial charge is 0.411 e. The fraction of sp³-hybridized carbons (Fsp3) is 0.474. The van der Waals surface area contributed by atoms with E-state index in [-0.39, 0.29) is 18.2 Å². The average Bonchev–Trinajstić information content (AvgIpc) is 2.82. The van der Waals surface area contributed by atoms with Gasteiger partial charge in [0, 0.05) is 10.6 Å². The third kappa shape index (κ3) is 3.94. The lowest BCUT2D eigenvalue weighted by Crippen LogP contribution is -2.49. The average molecular weight is 506 g/mol. The number of amides is 1. The zero-order valence-corrected chi connectivity index (χ0v) is 18.8. The van der Waals surface area contributed by atoms with Gasteiger partial charge in [-0.25, -0.2) is 9.18 Å². The van der Waals surface area contributed by atoms with Crippen molar-refractivity contribution in [2.75, 3.05) is 0 Å². The van der Waals surface area contributed by atoms with Crippen molar-refractivity contribution in [1.82, 2.24) is 14.7 Å². The topological polar surface area (TPSA) is 47.4 Å². The molecule has 1 aromatic heterocycles. The van der Waals surface area contributed by atoms with Gasteiger partial charge in [0.2, 0.25) is 0 Å². The molecule has 27 heavy (non-hydrogen) atoms. The van der Waals surface area contributed by atoms with Gasteiger partial charge in [0.05, 0.1) is 27.9 Å². The molecule has 0 N–H and O–H groups in total. The molecule has 2 aromatic rings. The molecular weight excluding hydrogens is 484 g/mol. The maximum Gasteiger partial charge on any atom is 0.411 e. The summed E-state index contributed by atoms with van der Waals surface area (Å²) in [6, 6.07) is 4.22. The van der Waals surface area contributed by atoms with E-state index >= 15 is 0 Å². The molecule has 5 nitrogen and oxygen atoms in total. The van der Waals surface area contributed by atoms with Crippen molar-refractivity contribution in [2.45, 2.75) is 58.8 Å². The monoisotopic (exact) mass is 505 g/mol. The predicted molar refractivity (Wildman–Crippen MR) is 111 cm³/mol. The van der Waals surface area contributed by atoms with E-state index in [1.54, 1.807) is 17.0 Å². The number of halogens is 3. The van der Waals surface area contributed by atoms with Crippen molar-refractivity contribution < 1.29 is 13.9 Å². The molecule has 8 heteroatoms. The highest BCUT2D eigenvalue weighted by Crippen LogP contribution is 2.38. The molecule has 0 saturated carbocycles. The van der Waals surface area contributed by atoms with Crippen LogP contribution in [0.15, 0.2) is 18.2 Å². The highest BCUT2D eigenvalue weighted by Gasteiger charge is 2.38. The van der Waals surface area contributed by atoms with Crippen LogP contribution >= 0.6 is 34.2 Å². The van der Waals surface area contributed by atoms with Crippen molar-refractivity contribution >= 4 is 40.3 Å². The molecule has 1 aromatic carbocycles. The molecule has 0 spiro atoms. The van der Waals surface area contributed by atoms with Gasteiger partial charge in [0.25, 0.3) is 0 Å². The van der Waals surface area contributed by atoms with Crippen molar-refractivity contribution in [2.24, 2.45) is 0 Å². The summed E-state index contributed by atoms with van der Waals surface area (Å²) in [7, 11) is 0. The second-order valence-corrected chi connectivity index (χ2v) is 9.28. The Morgan fingerprint density at radius 2 is 2.04 bits per heavy atom. The summed E-state index contributed by atoms with van der Waals surface area (Å²) in [6.07, 6.45) is -0.357. The third-order valence-electron chi connectivity index (χ3n) is 4.45. The molecule has 0 aliphatic carbocycles.